The van der Waals surface area contributed by atoms with Gasteiger partial charge in [-0.1, -0.05) is 185 Å². The molecule has 0 N–H and O–H groups in total. The standard InChI is InChI=1S/C61H47NS/c1-60(2)54-22-8-6-17-49(54)51-20-12-18-45(57(51)60)40-24-29-42(30-25-40)62(44-33-35-50-48-16-7-9-23-55(48)61(56(50)38-44)36-10-3-11-37-61)43-31-26-41(27-32-43)47-19-13-21-52-53-34-28-39-14-4-5-15-46(39)59(53)63-58(47)52/h4-9,12-35,38H,3,10-11,36-37H2,1-2H3. The summed E-state index contributed by atoms with van der Waals surface area (Å²) in [6.07, 6.45) is 6.30. The zero-order chi connectivity index (χ0) is 41.9. The number of benzene rings is 9. The molecule has 13 rings (SSSR count). The van der Waals surface area contributed by atoms with Crippen LogP contribution in [0.25, 0.3) is 75.5 Å². The molecule has 1 nitrogen and oxygen atoms in total. The average molecular weight is 826 g/mol. The van der Waals surface area contributed by atoms with Gasteiger partial charge in [0.25, 0.3) is 0 Å². The van der Waals surface area contributed by atoms with Crippen molar-refractivity contribution in [2.75, 3.05) is 4.90 Å². The van der Waals surface area contributed by atoms with Gasteiger partial charge in [-0.3, -0.25) is 0 Å². The SMILES string of the molecule is CC1(C)c2ccccc2-c2cccc(-c3ccc(N(c4ccc(-c5cccc6c5sc5c7ccccc7ccc65)cc4)c4ccc5c(c4)C4(CCCCC4)c4ccccc4-5)cc3)c21. The van der Waals surface area contributed by atoms with Crippen molar-refractivity contribution in [1.82, 2.24) is 0 Å². The van der Waals surface area contributed by atoms with E-state index in [4.69, 9.17) is 0 Å². The van der Waals surface area contributed by atoms with Crippen molar-refractivity contribution in [3.63, 3.8) is 0 Å². The fourth-order valence-electron chi connectivity index (χ4n) is 12.1. The minimum Gasteiger partial charge on any atom is -0.310 e. The molecular weight excluding hydrogens is 779 g/mol. The summed E-state index contributed by atoms with van der Waals surface area (Å²) in [5.74, 6) is 0. The van der Waals surface area contributed by atoms with Crippen molar-refractivity contribution in [3.8, 4) is 44.5 Å². The first-order valence-corrected chi connectivity index (χ1v) is 23.6. The largest absolute Gasteiger partial charge is 0.310 e. The molecule has 0 atom stereocenters. The number of thiophene rings is 1. The summed E-state index contributed by atoms with van der Waals surface area (Å²) in [5.41, 5.74) is 20.0. The van der Waals surface area contributed by atoms with Gasteiger partial charge in [-0.2, -0.15) is 0 Å². The molecule has 2 heteroatoms. The highest BCUT2D eigenvalue weighted by molar-refractivity contribution is 7.27. The van der Waals surface area contributed by atoms with E-state index < -0.39 is 0 Å². The van der Waals surface area contributed by atoms with Crippen LogP contribution in [-0.2, 0) is 10.8 Å². The van der Waals surface area contributed by atoms with Crippen LogP contribution >= 0.6 is 11.3 Å². The Morgan fingerprint density at radius 3 is 1.73 bits per heavy atom. The maximum absolute atomic E-state index is 2.55. The second-order valence-corrected chi connectivity index (χ2v) is 19.7. The predicted octanol–water partition coefficient (Wildman–Crippen LogP) is 17.5. The van der Waals surface area contributed by atoms with Gasteiger partial charge in [-0.15, -0.1) is 11.3 Å². The van der Waals surface area contributed by atoms with Gasteiger partial charge in [-0.05, 0) is 127 Å². The van der Waals surface area contributed by atoms with Gasteiger partial charge in [0.1, 0.15) is 0 Å². The van der Waals surface area contributed by atoms with Crippen LogP contribution in [0.4, 0.5) is 17.1 Å². The van der Waals surface area contributed by atoms with Crippen LogP contribution in [0.2, 0.25) is 0 Å². The zero-order valence-electron chi connectivity index (χ0n) is 35.8. The third kappa shape index (κ3) is 5.41. The van der Waals surface area contributed by atoms with Gasteiger partial charge < -0.3 is 4.90 Å². The lowest BCUT2D eigenvalue weighted by molar-refractivity contribution is 0.353. The van der Waals surface area contributed by atoms with Gasteiger partial charge in [0.2, 0.25) is 0 Å². The van der Waals surface area contributed by atoms with E-state index in [1.54, 1.807) is 0 Å². The summed E-state index contributed by atoms with van der Waals surface area (Å²) in [5, 5.41) is 5.29. The molecule has 1 heterocycles. The van der Waals surface area contributed by atoms with Crippen LogP contribution in [0.5, 0.6) is 0 Å². The fourth-order valence-corrected chi connectivity index (χ4v) is 13.5. The number of rotatable bonds is 5. The summed E-state index contributed by atoms with van der Waals surface area (Å²) < 4.78 is 2.71. The lowest BCUT2D eigenvalue weighted by atomic mass is 9.68. The van der Waals surface area contributed by atoms with Crippen LogP contribution < -0.4 is 4.90 Å². The fraction of sp³-hybridized carbons (Fsp3) is 0.148. The number of nitrogens with zero attached hydrogens (tertiary/aromatic N) is 1. The molecule has 63 heavy (non-hydrogen) atoms. The Morgan fingerprint density at radius 2 is 0.952 bits per heavy atom. The van der Waals surface area contributed by atoms with Crippen LogP contribution in [0, 0.1) is 0 Å². The molecular formula is C61H47NS. The van der Waals surface area contributed by atoms with Crippen molar-refractivity contribution >= 4 is 59.3 Å². The normalized spacial score (nSPS) is 15.4. The molecule has 1 saturated carbocycles. The zero-order valence-corrected chi connectivity index (χ0v) is 36.6. The smallest absolute Gasteiger partial charge is 0.0465 e. The van der Waals surface area contributed by atoms with Crippen molar-refractivity contribution in [2.45, 2.75) is 56.8 Å². The Bertz CT molecular complexity index is 3450. The van der Waals surface area contributed by atoms with E-state index in [2.05, 4.69) is 207 Å². The Kier molecular flexibility index (Phi) is 8.12. The Balaban J connectivity index is 0.943. The Morgan fingerprint density at radius 1 is 0.397 bits per heavy atom. The molecule has 0 radical (unpaired) electrons. The molecule has 3 aliphatic rings. The van der Waals surface area contributed by atoms with Crippen molar-refractivity contribution in [1.29, 1.82) is 0 Å². The molecule has 0 bridgehead atoms. The van der Waals surface area contributed by atoms with E-state index in [9.17, 15) is 0 Å². The third-order valence-corrected chi connectivity index (χ3v) is 16.3. The van der Waals surface area contributed by atoms with Gasteiger partial charge in [0.05, 0.1) is 0 Å². The molecule has 1 aromatic heterocycles. The molecule has 302 valence electrons. The predicted molar refractivity (Wildman–Crippen MR) is 269 cm³/mol. The van der Waals surface area contributed by atoms with Gasteiger partial charge in [0.15, 0.2) is 0 Å². The van der Waals surface area contributed by atoms with E-state index >= 15 is 0 Å². The summed E-state index contributed by atoms with van der Waals surface area (Å²) in [4.78, 5) is 2.49. The lowest BCUT2D eigenvalue weighted by Crippen LogP contribution is -2.28. The van der Waals surface area contributed by atoms with Gasteiger partial charge >= 0.3 is 0 Å². The summed E-state index contributed by atoms with van der Waals surface area (Å²) in [7, 11) is 0. The van der Waals surface area contributed by atoms with Crippen molar-refractivity contribution < 1.29 is 0 Å². The molecule has 1 spiro atoms. The first-order valence-electron chi connectivity index (χ1n) is 22.8. The molecule has 1 fully saturated rings. The second-order valence-electron chi connectivity index (χ2n) is 18.7. The second kappa shape index (κ2) is 13.9. The van der Waals surface area contributed by atoms with E-state index in [0.717, 1.165) is 11.4 Å². The highest BCUT2D eigenvalue weighted by Crippen LogP contribution is 2.57. The van der Waals surface area contributed by atoms with Crippen LogP contribution in [0.15, 0.2) is 188 Å². The van der Waals surface area contributed by atoms with Crippen LogP contribution in [-0.4, -0.2) is 0 Å². The highest BCUT2D eigenvalue weighted by atomic mass is 32.1. The third-order valence-electron chi connectivity index (χ3n) is 15.1. The van der Waals surface area contributed by atoms with E-state index in [1.807, 2.05) is 11.3 Å². The van der Waals surface area contributed by atoms with E-state index in [1.165, 1.54) is 135 Å². The quantitative estimate of drug-likeness (QED) is 0.167. The van der Waals surface area contributed by atoms with Crippen LogP contribution in [0.3, 0.4) is 0 Å². The molecule has 3 aliphatic carbocycles. The van der Waals surface area contributed by atoms with E-state index in [-0.39, 0.29) is 10.8 Å². The maximum Gasteiger partial charge on any atom is 0.0465 e. The maximum atomic E-state index is 2.55. The van der Waals surface area contributed by atoms with Crippen molar-refractivity contribution in [3.05, 3.63) is 210 Å². The number of fused-ring (bicyclic) bond motifs is 13. The van der Waals surface area contributed by atoms with Gasteiger partial charge in [-0.25, -0.2) is 0 Å². The molecule has 9 aromatic carbocycles. The van der Waals surface area contributed by atoms with Gasteiger partial charge in [0, 0.05) is 48.1 Å². The van der Waals surface area contributed by atoms with Crippen LogP contribution in [0.1, 0.15) is 68.2 Å². The molecule has 10 aromatic rings. The van der Waals surface area contributed by atoms with Crippen molar-refractivity contribution in [2.24, 2.45) is 0 Å². The molecule has 0 amide bonds. The lowest BCUT2D eigenvalue weighted by Gasteiger charge is -2.36. The number of hydrogen-bond donors (Lipinski definition) is 0. The van der Waals surface area contributed by atoms with E-state index in [0.29, 0.717) is 0 Å². The minimum absolute atomic E-state index is 0.0753. The first-order chi connectivity index (χ1) is 31.0. The number of anilines is 3. The summed E-state index contributed by atoms with van der Waals surface area (Å²) in [6.45, 7) is 4.77. The molecule has 0 saturated heterocycles. The monoisotopic (exact) mass is 825 g/mol. The topological polar surface area (TPSA) is 3.24 Å². The summed E-state index contributed by atoms with van der Waals surface area (Å²) >= 11 is 1.93. The Labute approximate surface area is 373 Å². The Hall–Kier alpha value is -6.74. The molecule has 0 unspecified atom stereocenters. The first kappa shape index (κ1) is 36.9. The highest BCUT2D eigenvalue weighted by Gasteiger charge is 2.44. The number of hydrogen-bond acceptors (Lipinski definition) is 2. The average Bonchev–Trinajstić information content (AvgIpc) is 3.94. The summed E-state index contributed by atoms with van der Waals surface area (Å²) in [6, 6.07) is 71.3. The molecule has 0 aliphatic heterocycles. The minimum atomic E-state index is -0.0833.